The van der Waals surface area contributed by atoms with Gasteiger partial charge in [-0.2, -0.15) is 19.6 Å². The van der Waals surface area contributed by atoms with Crippen molar-refractivity contribution >= 4 is 0 Å². The van der Waals surface area contributed by atoms with Crippen molar-refractivity contribution in [2.24, 2.45) is 17.8 Å². The summed E-state index contributed by atoms with van der Waals surface area (Å²) in [5, 5.41) is 10.3. The summed E-state index contributed by atoms with van der Waals surface area (Å²) >= 11 is 0. The van der Waals surface area contributed by atoms with Crippen LogP contribution in [0.25, 0.3) is 0 Å². The zero-order valence-electron chi connectivity index (χ0n) is 17.1. The molecule has 1 fully saturated rings. The minimum atomic E-state index is -4.37. The number of allylic oxidation sites excluding steroid dienone is 2. The molecular weight excluding hydrogens is 377 g/mol. The zero-order valence-corrected chi connectivity index (χ0v) is 17.1. The van der Waals surface area contributed by atoms with Gasteiger partial charge in [0, 0.05) is 11.8 Å². The number of halogens is 3. The first kappa shape index (κ1) is 23.5. The first-order valence-corrected chi connectivity index (χ1v) is 10.4. The van der Waals surface area contributed by atoms with Gasteiger partial charge in [0.25, 0.3) is 0 Å². The molecule has 0 spiro atoms. The van der Waals surface area contributed by atoms with Gasteiger partial charge in [-0.3, -0.25) is 0 Å². The van der Waals surface area contributed by atoms with E-state index >= 15 is 0 Å². The lowest BCUT2D eigenvalue weighted by Gasteiger charge is -2.18. The molecule has 0 bridgehead atoms. The number of rotatable bonds is 10. The van der Waals surface area contributed by atoms with Crippen LogP contribution in [0, 0.1) is 24.7 Å². The van der Waals surface area contributed by atoms with Crippen LogP contribution in [0.3, 0.4) is 0 Å². The predicted octanol–water partition coefficient (Wildman–Crippen LogP) is 6.61. The first-order valence-electron chi connectivity index (χ1n) is 10.4. The average Bonchev–Trinajstić information content (AvgIpc) is 3.03. The van der Waals surface area contributed by atoms with E-state index in [0.29, 0.717) is 5.92 Å². The highest BCUT2D eigenvalue weighted by Gasteiger charge is 2.32. The number of benzene rings is 1. The van der Waals surface area contributed by atoms with E-state index in [0.717, 1.165) is 50.7 Å². The average molecular weight is 410 g/mol. The Bertz CT molecular complexity index is 666. The summed E-state index contributed by atoms with van der Waals surface area (Å²) in [5.41, 5.74) is -0.710. The highest BCUT2D eigenvalue weighted by atomic mass is 19.4. The van der Waals surface area contributed by atoms with E-state index in [1.807, 2.05) is 13.0 Å². The Labute approximate surface area is 172 Å². The second kappa shape index (κ2) is 11.4. The quantitative estimate of drug-likeness (QED) is 0.267. The van der Waals surface area contributed by atoms with E-state index in [-0.39, 0.29) is 30.3 Å². The van der Waals surface area contributed by atoms with Gasteiger partial charge in [0.1, 0.15) is 5.75 Å². The fourth-order valence-corrected chi connectivity index (χ4v) is 3.66. The van der Waals surface area contributed by atoms with Crippen molar-refractivity contribution in [1.82, 2.24) is 0 Å². The van der Waals surface area contributed by atoms with Crippen LogP contribution in [0.1, 0.15) is 51.0 Å². The molecule has 1 N–H and O–H groups in total. The number of unbranched alkanes of at least 4 members (excludes halogenated alkanes) is 2. The number of aliphatic hydroxyl groups excluding tert-OH is 1. The minimum absolute atomic E-state index is 0.0330. The molecule has 0 heterocycles. The van der Waals surface area contributed by atoms with Gasteiger partial charge < -0.3 is 16.8 Å². The highest BCUT2D eigenvalue weighted by Crippen LogP contribution is 2.36. The van der Waals surface area contributed by atoms with Gasteiger partial charge in [0.15, 0.2) is 0 Å². The molecule has 1 saturated carbocycles. The lowest BCUT2D eigenvalue weighted by atomic mass is 9.90. The molecule has 2 nitrogen and oxygen atoms in total. The molecule has 29 heavy (non-hydrogen) atoms. The largest absolute Gasteiger partial charge is 0.493 e. The second-order valence-corrected chi connectivity index (χ2v) is 7.88. The molecule has 1 aromatic rings. The topological polar surface area (TPSA) is 29.5 Å². The fraction of sp³-hybridized carbons (Fsp3) is 0.542. The number of hydrogen-bond donors (Lipinski definition) is 1. The molecule has 4 unspecified atom stereocenters. The van der Waals surface area contributed by atoms with Crippen molar-refractivity contribution in [3.05, 3.63) is 61.1 Å². The Kier molecular flexibility index (Phi) is 9.28. The SMILES string of the molecule is [CH2-]CCC/C=C\CC1CCC(O)C1/C=C/C(C)COc1cccc(C(F)(F)F)c1. The maximum Gasteiger partial charge on any atom is 0.416 e. The van der Waals surface area contributed by atoms with Gasteiger partial charge in [-0.05, 0) is 49.8 Å². The van der Waals surface area contributed by atoms with Gasteiger partial charge in [-0.25, -0.2) is 0 Å². The lowest BCUT2D eigenvalue weighted by molar-refractivity contribution is -0.137. The van der Waals surface area contributed by atoms with Crippen LogP contribution in [-0.2, 0) is 6.18 Å². The lowest BCUT2D eigenvalue weighted by Crippen LogP contribution is -2.17. The molecule has 0 saturated heterocycles. The van der Waals surface area contributed by atoms with Crippen molar-refractivity contribution in [3.63, 3.8) is 0 Å². The van der Waals surface area contributed by atoms with E-state index in [2.05, 4.69) is 25.2 Å². The van der Waals surface area contributed by atoms with Crippen LogP contribution in [0.4, 0.5) is 13.2 Å². The monoisotopic (exact) mass is 409 g/mol. The Morgan fingerprint density at radius 1 is 1.28 bits per heavy atom. The zero-order chi connectivity index (χ0) is 21.3. The van der Waals surface area contributed by atoms with Gasteiger partial charge in [-0.15, -0.1) is 0 Å². The van der Waals surface area contributed by atoms with Crippen molar-refractivity contribution in [2.45, 2.75) is 57.7 Å². The van der Waals surface area contributed by atoms with Gasteiger partial charge >= 0.3 is 6.18 Å². The van der Waals surface area contributed by atoms with Gasteiger partial charge in [0.2, 0.25) is 0 Å². The molecular formula is C24H32F3O2-. The molecule has 1 aromatic carbocycles. The number of hydrogen-bond acceptors (Lipinski definition) is 2. The summed E-state index contributed by atoms with van der Waals surface area (Å²) in [6.45, 7) is 6.08. The summed E-state index contributed by atoms with van der Waals surface area (Å²) in [5.74, 6) is 0.786. The Morgan fingerprint density at radius 2 is 2.07 bits per heavy atom. The number of alkyl halides is 3. The summed E-state index contributed by atoms with van der Waals surface area (Å²) < 4.78 is 43.9. The molecule has 1 aliphatic carbocycles. The van der Waals surface area contributed by atoms with Gasteiger partial charge in [-0.1, -0.05) is 43.7 Å². The molecule has 4 atom stereocenters. The third-order valence-corrected chi connectivity index (χ3v) is 5.38. The Morgan fingerprint density at radius 3 is 2.79 bits per heavy atom. The minimum Gasteiger partial charge on any atom is -0.493 e. The van der Waals surface area contributed by atoms with Crippen LogP contribution in [0.5, 0.6) is 5.75 Å². The molecule has 0 amide bonds. The molecule has 0 aromatic heterocycles. The van der Waals surface area contributed by atoms with Crippen molar-refractivity contribution in [3.8, 4) is 5.75 Å². The normalized spacial score (nSPS) is 23.9. The van der Waals surface area contributed by atoms with Crippen LogP contribution in [0.2, 0.25) is 0 Å². The second-order valence-electron chi connectivity index (χ2n) is 7.88. The Hall–Kier alpha value is -1.75. The fourth-order valence-electron chi connectivity index (χ4n) is 3.66. The highest BCUT2D eigenvalue weighted by molar-refractivity contribution is 5.30. The summed E-state index contributed by atoms with van der Waals surface area (Å²) in [6, 6.07) is 4.94. The third kappa shape index (κ3) is 7.88. The molecule has 162 valence electrons. The smallest absolute Gasteiger partial charge is 0.416 e. The van der Waals surface area contributed by atoms with Crippen molar-refractivity contribution in [2.75, 3.05) is 6.61 Å². The Balaban J connectivity index is 1.85. The first-order chi connectivity index (χ1) is 13.8. The van der Waals surface area contributed by atoms with Crippen LogP contribution in [0.15, 0.2) is 48.6 Å². The summed E-state index contributed by atoms with van der Waals surface area (Å²) in [6.07, 6.45) is 9.62. The van der Waals surface area contributed by atoms with Crippen LogP contribution < -0.4 is 4.74 Å². The van der Waals surface area contributed by atoms with E-state index in [9.17, 15) is 18.3 Å². The molecule has 2 rings (SSSR count). The van der Waals surface area contributed by atoms with Crippen molar-refractivity contribution in [1.29, 1.82) is 0 Å². The summed E-state index contributed by atoms with van der Waals surface area (Å²) in [4.78, 5) is 0. The molecule has 0 aliphatic heterocycles. The van der Waals surface area contributed by atoms with E-state index in [1.165, 1.54) is 12.1 Å². The van der Waals surface area contributed by atoms with E-state index in [1.54, 1.807) is 0 Å². The van der Waals surface area contributed by atoms with Crippen molar-refractivity contribution < 1.29 is 23.0 Å². The molecule has 0 radical (unpaired) electrons. The number of ether oxygens (including phenoxy) is 1. The standard InChI is InChI=1S/C24H32F3O2/c1-3-4-5-6-7-9-19-13-15-23(28)22(19)14-12-18(2)17-29-21-11-8-10-20(16-21)24(25,26)27/h6-8,10-12,14,16,18-19,22-23,28H,1,3-5,9,13,15,17H2,2H3/q-1/b7-6-,14-12+. The predicted molar refractivity (Wildman–Crippen MR) is 110 cm³/mol. The molecule has 5 heteroatoms. The summed E-state index contributed by atoms with van der Waals surface area (Å²) in [7, 11) is 0. The van der Waals surface area contributed by atoms with Gasteiger partial charge in [0.05, 0.1) is 18.3 Å². The third-order valence-electron chi connectivity index (χ3n) is 5.38. The number of aliphatic hydroxyl groups is 1. The van der Waals surface area contributed by atoms with Crippen LogP contribution >= 0.6 is 0 Å². The maximum atomic E-state index is 12.8. The molecule has 1 aliphatic rings. The van der Waals surface area contributed by atoms with E-state index < -0.39 is 11.7 Å². The van der Waals surface area contributed by atoms with E-state index in [4.69, 9.17) is 4.74 Å². The maximum absolute atomic E-state index is 12.8. The van der Waals surface area contributed by atoms with Crippen LogP contribution in [-0.4, -0.2) is 17.8 Å².